The van der Waals surface area contributed by atoms with E-state index in [1.807, 2.05) is 42.7 Å². The number of carbonyl (C=O) groups is 1. The second-order valence-corrected chi connectivity index (χ2v) is 9.07. The van der Waals surface area contributed by atoms with Gasteiger partial charge in [0.2, 0.25) is 11.3 Å². The van der Waals surface area contributed by atoms with Gasteiger partial charge in [-0.2, -0.15) is 0 Å². The highest BCUT2D eigenvalue weighted by atomic mass is 16.5. The Kier molecular flexibility index (Phi) is 6.05. The Morgan fingerprint density at radius 3 is 2.68 bits per heavy atom. The predicted molar refractivity (Wildman–Crippen MR) is 133 cm³/mol. The predicted octanol–water partition coefficient (Wildman–Crippen LogP) is 4.27. The number of aliphatic imine (C=N–C) groups is 1. The molecule has 3 aromatic rings. The number of hydrogen-bond donors (Lipinski definition) is 1. The first kappa shape index (κ1) is 22.1. The van der Waals surface area contributed by atoms with Gasteiger partial charge in [-0.1, -0.05) is 30.3 Å². The van der Waals surface area contributed by atoms with Crippen molar-refractivity contribution in [3.05, 3.63) is 99.0 Å². The second-order valence-electron chi connectivity index (χ2n) is 9.07. The average Bonchev–Trinajstić information content (AvgIpc) is 3.40. The molecule has 1 aliphatic heterocycles. The number of benzene rings is 2. The molecule has 2 heterocycles. The fraction of sp³-hybridized carbons (Fsp3) is 0.321. The summed E-state index contributed by atoms with van der Waals surface area (Å²) >= 11 is 0. The number of H-pyrrole nitrogens is 1. The van der Waals surface area contributed by atoms with Crippen molar-refractivity contribution < 1.29 is 9.53 Å². The zero-order valence-corrected chi connectivity index (χ0v) is 19.4. The van der Waals surface area contributed by atoms with E-state index in [9.17, 15) is 9.59 Å². The van der Waals surface area contributed by atoms with Crippen molar-refractivity contribution in [3.63, 3.8) is 0 Å². The maximum absolute atomic E-state index is 12.7. The van der Waals surface area contributed by atoms with Gasteiger partial charge in [-0.15, -0.1) is 0 Å². The molecule has 5 rings (SSSR count). The monoisotopic (exact) mass is 455 g/mol. The number of pyridine rings is 1. The highest BCUT2D eigenvalue weighted by Gasteiger charge is 2.37. The molecule has 0 radical (unpaired) electrons. The van der Waals surface area contributed by atoms with Crippen LogP contribution in [0.5, 0.6) is 5.75 Å². The average molecular weight is 456 g/mol. The number of rotatable bonds is 7. The van der Waals surface area contributed by atoms with Gasteiger partial charge in [0.25, 0.3) is 0 Å². The van der Waals surface area contributed by atoms with E-state index in [1.54, 1.807) is 12.3 Å². The number of nitrogens with one attached hydrogen (secondary N) is 1. The van der Waals surface area contributed by atoms with E-state index in [0.29, 0.717) is 19.3 Å². The number of fused-ring (bicyclic) bond motifs is 1. The van der Waals surface area contributed by atoms with Crippen LogP contribution >= 0.6 is 0 Å². The van der Waals surface area contributed by atoms with Crippen molar-refractivity contribution in [2.45, 2.75) is 44.8 Å². The number of carbonyl (C=O) groups excluding carboxylic acids is 1. The molecular formula is C28H29N3O3. The van der Waals surface area contributed by atoms with Gasteiger partial charge in [0.1, 0.15) is 5.75 Å². The molecule has 2 aromatic carbocycles. The third-order valence-electron chi connectivity index (χ3n) is 6.88. The van der Waals surface area contributed by atoms with Crippen LogP contribution in [0.2, 0.25) is 0 Å². The number of aromatic amines is 1. The Morgan fingerprint density at radius 2 is 1.91 bits per heavy atom. The molecule has 0 bridgehead atoms. The van der Waals surface area contributed by atoms with Crippen LogP contribution in [0.3, 0.4) is 0 Å². The molecule has 1 aliphatic carbocycles. The van der Waals surface area contributed by atoms with Crippen molar-refractivity contribution in [2.24, 2.45) is 4.99 Å². The quantitative estimate of drug-likeness (QED) is 0.577. The highest BCUT2D eigenvalue weighted by Crippen LogP contribution is 2.38. The molecule has 1 atom stereocenters. The molecule has 174 valence electrons. The smallest absolute Gasteiger partial charge is 0.248 e. The molecule has 0 spiro atoms. The van der Waals surface area contributed by atoms with E-state index in [2.05, 4.69) is 33.9 Å². The van der Waals surface area contributed by atoms with Crippen LogP contribution in [-0.4, -0.2) is 35.1 Å². The van der Waals surface area contributed by atoms with Crippen LogP contribution in [0.25, 0.3) is 0 Å². The van der Waals surface area contributed by atoms with Gasteiger partial charge < -0.3 is 14.6 Å². The Labute approximate surface area is 199 Å². The molecule has 6 nitrogen and oxygen atoms in total. The van der Waals surface area contributed by atoms with E-state index in [4.69, 9.17) is 4.74 Å². The number of ketones is 1. The van der Waals surface area contributed by atoms with Crippen LogP contribution in [0, 0.1) is 0 Å². The summed E-state index contributed by atoms with van der Waals surface area (Å²) in [7, 11) is 0. The fourth-order valence-electron chi connectivity index (χ4n) is 5.01. The van der Waals surface area contributed by atoms with Gasteiger partial charge in [0, 0.05) is 36.4 Å². The fourth-order valence-corrected chi connectivity index (χ4v) is 5.01. The summed E-state index contributed by atoms with van der Waals surface area (Å²) in [5.41, 5.74) is 4.11. The lowest BCUT2D eigenvalue weighted by Gasteiger charge is -2.39. The minimum absolute atomic E-state index is 0.107. The first-order chi connectivity index (χ1) is 16.5. The first-order valence-electron chi connectivity index (χ1n) is 11.9. The van der Waals surface area contributed by atoms with Crippen molar-refractivity contribution in [3.8, 4) is 5.75 Å². The molecule has 2 aliphatic rings. The molecule has 34 heavy (non-hydrogen) atoms. The minimum Gasteiger partial charge on any atom is -0.464 e. The van der Waals surface area contributed by atoms with E-state index in [0.717, 1.165) is 59.5 Å². The minimum atomic E-state index is -0.743. The lowest BCUT2D eigenvalue weighted by Crippen LogP contribution is -2.47. The first-order valence-corrected chi connectivity index (χ1v) is 11.9. The number of aromatic nitrogens is 1. The lowest BCUT2D eigenvalue weighted by molar-refractivity contribution is -0.0259. The molecule has 0 fully saturated rings. The number of hydrogen-bond acceptors (Lipinski definition) is 5. The molecule has 1 aromatic heterocycles. The lowest BCUT2D eigenvalue weighted by atomic mass is 9.85. The van der Waals surface area contributed by atoms with Crippen LogP contribution in [-0.2, 0) is 25.0 Å². The zero-order valence-electron chi connectivity index (χ0n) is 19.4. The number of Topliss-reactive ketones (excluding diaryl/α,β-unsaturated/α-hetero) is 1. The maximum atomic E-state index is 12.7. The third-order valence-corrected chi connectivity index (χ3v) is 6.88. The number of nitrogens with zero attached hydrogens (tertiary/aromatic N) is 2. The topological polar surface area (TPSA) is 74.8 Å². The van der Waals surface area contributed by atoms with Crippen LogP contribution in [0.1, 0.15) is 52.4 Å². The number of aryl methyl sites for hydroxylation is 1. The van der Waals surface area contributed by atoms with E-state index in [1.165, 1.54) is 0 Å². The third kappa shape index (κ3) is 4.28. The highest BCUT2D eigenvalue weighted by molar-refractivity contribution is 5.99. The summed E-state index contributed by atoms with van der Waals surface area (Å²) in [4.78, 5) is 33.7. The standard InChI is InChI=1S/C28H29N3O3/c1-28(31-17-16-29-19-31,21-6-3-2-4-7-21)34-26-13-12-23-22(8-5-9-25(23)32)24(26)11-10-20-14-15-30-27(33)18-20/h2-4,6-7,12-15,18-19H,5,8-11,16-17H2,1H3,(H,30,33)/t28-/m0/s1. The van der Waals surface area contributed by atoms with Crippen molar-refractivity contribution >= 4 is 12.1 Å². The van der Waals surface area contributed by atoms with Crippen LogP contribution in [0.15, 0.2) is 70.6 Å². The summed E-state index contributed by atoms with van der Waals surface area (Å²) in [6, 6.07) is 17.6. The van der Waals surface area contributed by atoms with Crippen molar-refractivity contribution in [1.82, 2.24) is 9.88 Å². The summed E-state index contributed by atoms with van der Waals surface area (Å²) in [5.74, 6) is 0.979. The molecular weight excluding hydrogens is 426 g/mol. The number of ether oxygens (including phenoxy) is 1. The molecule has 1 N–H and O–H groups in total. The molecule has 6 heteroatoms. The van der Waals surface area contributed by atoms with Gasteiger partial charge >= 0.3 is 0 Å². The van der Waals surface area contributed by atoms with E-state index >= 15 is 0 Å². The van der Waals surface area contributed by atoms with Crippen LogP contribution < -0.4 is 10.3 Å². The SMILES string of the molecule is C[C@](Oc1ccc2c(c1CCc1cc[nH]c(=O)c1)CCCC2=O)(c1ccccc1)N1C=NCC1. The Bertz CT molecular complexity index is 1280. The Hall–Kier alpha value is -3.67. The van der Waals surface area contributed by atoms with E-state index < -0.39 is 5.72 Å². The van der Waals surface area contributed by atoms with Gasteiger partial charge in [-0.3, -0.25) is 14.6 Å². The summed E-state index contributed by atoms with van der Waals surface area (Å²) in [6.07, 6.45) is 7.22. The normalized spacial score (nSPS) is 16.9. The van der Waals surface area contributed by atoms with Gasteiger partial charge in [-0.05, 0) is 67.5 Å². The van der Waals surface area contributed by atoms with Crippen molar-refractivity contribution in [2.75, 3.05) is 13.1 Å². The van der Waals surface area contributed by atoms with Gasteiger partial charge in [0.05, 0.1) is 12.9 Å². The second kappa shape index (κ2) is 9.29. The van der Waals surface area contributed by atoms with Crippen LogP contribution in [0.4, 0.5) is 0 Å². The van der Waals surface area contributed by atoms with E-state index in [-0.39, 0.29) is 11.3 Å². The summed E-state index contributed by atoms with van der Waals surface area (Å²) in [6.45, 7) is 3.58. The largest absolute Gasteiger partial charge is 0.464 e. The zero-order chi connectivity index (χ0) is 23.5. The molecule has 0 unspecified atom stereocenters. The van der Waals surface area contributed by atoms with Gasteiger partial charge in [0.15, 0.2) is 5.78 Å². The summed E-state index contributed by atoms with van der Waals surface area (Å²) < 4.78 is 6.87. The van der Waals surface area contributed by atoms with Crippen molar-refractivity contribution in [1.29, 1.82) is 0 Å². The summed E-state index contributed by atoms with van der Waals surface area (Å²) in [5, 5.41) is 0. The Balaban J connectivity index is 1.56. The Morgan fingerprint density at radius 1 is 1.06 bits per heavy atom. The molecule has 0 amide bonds. The van der Waals surface area contributed by atoms with Gasteiger partial charge in [-0.25, -0.2) is 0 Å². The maximum Gasteiger partial charge on any atom is 0.248 e. The molecule has 0 saturated heterocycles. The molecule has 0 saturated carbocycles.